The predicted octanol–water partition coefficient (Wildman–Crippen LogP) is 4.10. The third kappa shape index (κ3) is 2.07. The zero-order valence-electron chi connectivity index (χ0n) is 10.0. The molecular formula is C13H14ClFN2. The molecule has 0 aliphatic rings. The minimum Gasteiger partial charge on any atom is -0.219 e. The predicted molar refractivity (Wildman–Crippen MR) is 67.4 cm³/mol. The quantitative estimate of drug-likeness (QED) is 0.787. The summed E-state index contributed by atoms with van der Waals surface area (Å²) in [5.74, 6) is -0.0600. The zero-order chi connectivity index (χ0) is 12.6. The summed E-state index contributed by atoms with van der Waals surface area (Å²) in [5, 5.41) is 4.80. The van der Waals surface area contributed by atoms with Crippen molar-refractivity contribution in [2.75, 3.05) is 0 Å². The van der Waals surface area contributed by atoms with Crippen molar-refractivity contribution >= 4 is 11.6 Å². The van der Waals surface area contributed by atoms with E-state index in [9.17, 15) is 4.39 Å². The van der Waals surface area contributed by atoms with Gasteiger partial charge in [0.2, 0.25) is 0 Å². The topological polar surface area (TPSA) is 17.8 Å². The average molecular weight is 253 g/mol. The van der Waals surface area contributed by atoms with Gasteiger partial charge in [0.1, 0.15) is 16.7 Å². The normalized spacial score (nSPS) is 11.2. The molecule has 2 nitrogen and oxygen atoms in total. The van der Waals surface area contributed by atoms with Gasteiger partial charge in [-0.15, -0.1) is 0 Å². The summed E-state index contributed by atoms with van der Waals surface area (Å²) in [7, 11) is 0. The van der Waals surface area contributed by atoms with Gasteiger partial charge in [-0.3, -0.25) is 0 Å². The molecule has 0 amide bonds. The Morgan fingerprint density at radius 3 is 2.47 bits per heavy atom. The van der Waals surface area contributed by atoms with Crippen LogP contribution in [0.5, 0.6) is 0 Å². The van der Waals surface area contributed by atoms with E-state index in [2.05, 4.69) is 5.10 Å². The molecule has 0 saturated heterocycles. The van der Waals surface area contributed by atoms with Gasteiger partial charge in [-0.2, -0.15) is 5.10 Å². The molecule has 0 fully saturated rings. The van der Waals surface area contributed by atoms with Crippen molar-refractivity contribution in [2.45, 2.75) is 26.7 Å². The molecule has 0 radical (unpaired) electrons. The maximum absolute atomic E-state index is 13.7. The summed E-state index contributed by atoms with van der Waals surface area (Å²) < 4.78 is 15.1. The number of hydrogen-bond donors (Lipinski definition) is 0. The monoisotopic (exact) mass is 252 g/mol. The number of para-hydroxylation sites is 1. The first-order chi connectivity index (χ1) is 8.02. The van der Waals surface area contributed by atoms with Gasteiger partial charge in [-0.25, -0.2) is 9.07 Å². The van der Waals surface area contributed by atoms with E-state index in [-0.39, 0.29) is 11.7 Å². The van der Waals surface area contributed by atoms with Crippen LogP contribution in [0, 0.1) is 12.7 Å². The van der Waals surface area contributed by atoms with Gasteiger partial charge in [0, 0.05) is 5.56 Å². The van der Waals surface area contributed by atoms with Gasteiger partial charge in [-0.05, 0) is 25.0 Å². The van der Waals surface area contributed by atoms with Crippen molar-refractivity contribution in [3.8, 4) is 5.69 Å². The highest BCUT2D eigenvalue weighted by atomic mass is 35.5. The standard InChI is InChI=1S/C13H14ClFN2/c1-8(2)12-9(3)16-17(13(12)14)11-7-5-4-6-10(11)15/h4-8H,1-3H3. The van der Waals surface area contributed by atoms with Gasteiger partial charge in [0.05, 0.1) is 5.69 Å². The Morgan fingerprint density at radius 1 is 1.29 bits per heavy atom. The fraction of sp³-hybridized carbons (Fsp3) is 0.308. The highest BCUT2D eigenvalue weighted by Gasteiger charge is 2.18. The van der Waals surface area contributed by atoms with Crippen LogP contribution < -0.4 is 0 Å². The summed E-state index contributed by atoms with van der Waals surface area (Å²) in [6.45, 7) is 5.97. The first kappa shape index (κ1) is 12.1. The first-order valence-corrected chi connectivity index (χ1v) is 5.90. The fourth-order valence-corrected chi connectivity index (χ4v) is 2.43. The zero-order valence-corrected chi connectivity index (χ0v) is 10.8. The molecule has 2 aromatic rings. The third-order valence-corrected chi connectivity index (χ3v) is 3.07. The van der Waals surface area contributed by atoms with Crippen LogP contribution in [-0.4, -0.2) is 9.78 Å². The van der Waals surface area contributed by atoms with E-state index < -0.39 is 0 Å². The first-order valence-electron chi connectivity index (χ1n) is 5.52. The molecule has 0 N–H and O–H groups in total. The number of aryl methyl sites for hydroxylation is 1. The highest BCUT2D eigenvalue weighted by molar-refractivity contribution is 6.30. The number of nitrogens with zero attached hydrogens (tertiary/aromatic N) is 2. The second-order valence-electron chi connectivity index (χ2n) is 4.31. The van der Waals surface area contributed by atoms with Gasteiger partial charge in [0.15, 0.2) is 0 Å². The van der Waals surface area contributed by atoms with Crippen LogP contribution in [0.25, 0.3) is 5.69 Å². The van der Waals surface area contributed by atoms with E-state index in [1.807, 2.05) is 20.8 Å². The minimum atomic E-state index is -0.327. The van der Waals surface area contributed by atoms with Gasteiger partial charge in [-0.1, -0.05) is 37.6 Å². The lowest BCUT2D eigenvalue weighted by atomic mass is 10.1. The highest BCUT2D eigenvalue weighted by Crippen LogP contribution is 2.30. The van der Waals surface area contributed by atoms with Crippen molar-refractivity contribution in [1.82, 2.24) is 9.78 Å². The van der Waals surface area contributed by atoms with E-state index in [0.717, 1.165) is 11.3 Å². The summed E-state index contributed by atoms with van der Waals surface area (Å²) >= 11 is 6.26. The molecule has 1 aromatic heterocycles. The van der Waals surface area contributed by atoms with Crippen LogP contribution in [0.1, 0.15) is 31.0 Å². The Morgan fingerprint density at radius 2 is 1.94 bits per heavy atom. The maximum Gasteiger partial charge on any atom is 0.148 e. The lowest BCUT2D eigenvalue weighted by molar-refractivity contribution is 0.610. The van der Waals surface area contributed by atoms with Crippen molar-refractivity contribution < 1.29 is 4.39 Å². The lowest BCUT2D eigenvalue weighted by Crippen LogP contribution is -2.00. The van der Waals surface area contributed by atoms with Crippen LogP contribution in [-0.2, 0) is 0 Å². The number of hydrogen-bond acceptors (Lipinski definition) is 1. The number of rotatable bonds is 2. The van der Waals surface area contributed by atoms with E-state index in [4.69, 9.17) is 11.6 Å². The lowest BCUT2D eigenvalue weighted by Gasteiger charge is -2.06. The van der Waals surface area contributed by atoms with Crippen molar-refractivity contribution in [2.24, 2.45) is 0 Å². The van der Waals surface area contributed by atoms with E-state index >= 15 is 0 Å². The van der Waals surface area contributed by atoms with Gasteiger partial charge < -0.3 is 0 Å². The summed E-state index contributed by atoms with van der Waals surface area (Å²) in [6.07, 6.45) is 0. The maximum atomic E-state index is 13.7. The van der Waals surface area contributed by atoms with Crippen LogP contribution in [0.15, 0.2) is 24.3 Å². The number of aromatic nitrogens is 2. The fourth-order valence-electron chi connectivity index (χ4n) is 1.95. The Kier molecular flexibility index (Phi) is 3.20. The summed E-state index contributed by atoms with van der Waals surface area (Å²) in [6, 6.07) is 6.47. The van der Waals surface area contributed by atoms with Crippen LogP contribution in [0.3, 0.4) is 0 Å². The molecule has 2 rings (SSSR count). The molecule has 4 heteroatoms. The minimum absolute atomic E-state index is 0.267. The average Bonchev–Trinajstić information content (AvgIpc) is 2.55. The largest absolute Gasteiger partial charge is 0.219 e. The molecule has 0 atom stereocenters. The second kappa shape index (κ2) is 4.49. The molecule has 90 valence electrons. The molecule has 0 saturated carbocycles. The van der Waals surface area contributed by atoms with E-state index in [1.54, 1.807) is 18.2 Å². The van der Waals surface area contributed by atoms with Crippen LogP contribution in [0.2, 0.25) is 5.15 Å². The third-order valence-electron chi connectivity index (χ3n) is 2.71. The molecule has 0 bridgehead atoms. The van der Waals surface area contributed by atoms with Crippen LogP contribution >= 0.6 is 11.6 Å². The van der Waals surface area contributed by atoms with E-state index in [0.29, 0.717) is 10.8 Å². The molecule has 0 spiro atoms. The summed E-state index contributed by atoms with van der Waals surface area (Å²) in [4.78, 5) is 0. The van der Waals surface area contributed by atoms with Crippen molar-refractivity contribution in [3.05, 3.63) is 46.5 Å². The van der Waals surface area contributed by atoms with Gasteiger partial charge in [0.25, 0.3) is 0 Å². The Hall–Kier alpha value is -1.35. The van der Waals surface area contributed by atoms with Crippen molar-refractivity contribution in [3.63, 3.8) is 0 Å². The molecule has 0 unspecified atom stereocenters. The Bertz CT molecular complexity index is 546. The molecule has 1 aromatic carbocycles. The van der Waals surface area contributed by atoms with E-state index in [1.165, 1.54) is 10.7 Å². The molecular weight excluding hydrogens is 239 g/mol. The molecule has 0 aliphatic heterocycles. The SMILES string of the molecule is Cc1nn(-c2ccccc2F)c(Cl)c1C(C)C. The van der Waals surface area contributed by atoms with Gasteiger partial charge >= 0.3 is 0 Å². The Balaban J connectivity index is 2.62. The smallest absolute Gasteiger partial charge is 0.148 e. The Labute approximate surface area is 105 Å². The molecule has 0 aliphatic carbocycles. The number of halogens is 2. The van der Waals surface area contributed by atoms with Crippen molar-refractivity contribution in [1.29, 1.82) is 0 Å². The molecule has 1 heterocycles. The summed E-state index contributed by atoms with van der Waals surface area (Å²) in [5.41, 5.74) is 2.19. The van der Waals surface area contributed by atoms with Crippen LogP contribution in [0.4, 0.5) is 4.39 Å². The number of benzene rings is 1. The molecule has 17 heavy (non-hydrogen) atoms. The second-order valence-corrected chi connectivity index (χ2v) is 4.67.